The number of imide groups is 1. The van der Waals surface area contributed by atoms with Crippen LogP contribution in [0.5, 0.6) is 5.75 Å². The molecule has 0 spiro atoms. The molecule has 316 valence electrons. The van der Waals surface area contributed by atoms with Gasteiger partial charge in [0.2, 0.25) is 0 Å². The van der Waals surface area contributed by atoms with Gasteiger partial charge in [-0.3, -0.25) is 4.79 Å². The third-order valence-electron chi connectivity index (χ3n) is 8.27. The van der Waals surface area contributed by atoms with Crippen LogP contribution in [-0.4, -0.2) is 71.2 Å². The predicted molar refractivity (Wildman–Crippen MR) is 206 cm³/mol. The largest absolute Gasteiger partial charge is 0.497 e. The van der Waals surface area contributed by atoms with Gasteiger partial charge >= 0.3 is 18.4 Å². The van der Waals surface area contributed by atoms with E-state index in [4.69, 9.17) is 32.8 Å². The Morgan fingerprint density at radius 2 is 1.48 bits per heavy atom. The van der Waals surface area contributed by atoms with Crippen molar-refractivity contribution in [1.29, 1.82) is 0 Å². The lowest BCUT2D eigenvalue weighted by atomic mass is 10.0. The molecule has 0 fully saturated rings. The van der Waals surface area contributed by atoms with Crippen LogP contribution in [0.15, 0.2) is 69.9 Å². The molecule has 0 saturated carbocycles. The molecule has 17 heteroatoms. The van der Waals surface area contributed by atoms with Crippen LogP contribution in [0.3, 0.4) is 0 Å². The first-order chi connectivity index (χ1) is 27.1. The number of carbonyl (C=O) groups is 2. The molecular formula is C41H51F3N4O10. The number of aromatic nitrogens is 3. The van der Waals surface area contributed by atoms with Crippen LogP contribution in [-0.2, 0) is 42.5 Å². The monoisotopic (exact) mass is 816 g/mol. The number of nitrogens with one attached hydrogen (secondary N) is 1. The maximum absolute atomic E-state index is 15.4. The maximum Gasteiger partial charge on any atom is 0.428 e. The minimum Gasteiger partial charge on any atom is -0.497 e. The van der Waals surface area contributed by atoms with Gasteiger partial charge in [0.1, 0.15) is 22.6 Å². The van der Waals surface area contributed by atoms with Crippen molar-refractivity contribution in [2.75, 3.05) is 25.2 Å². The number of pyridine rings is 1. The van der Waals surface area contributed by atoms with E-state index in [1.54, 1.807) is 79.0 Å². The van der Waals surface area contributed by atoms with Crippen molar-refractivity contribution in [3.63, 3.8) is 0 Å². The number of rotatable bonds is 16. The zero-order chi connectivity index (χ0) is 42.9. The van der Waals surface area contributed by atoms with E-state index in [1.165, 1.54) is 6.92 Å². The molecule has 2 aromatic heterocycles. The van der Waals surface area contributed by atoms with Crippen molar-refractivity contribution in [1.82, 2.24) is 15.2 Å². The van der Waals surface area contributed by atoms with Crippen molar-refractivity contribution in [2.24, 2.45) is 0 Å². The molecule has 0 aliphatic rings. The van der Waals surface area contributed by atoms with E-state index < -0.39 is 71.4 Å². The molecule has 0 radical (unpaired) electrons. The number of aromatic amines is 1. The summed E-state index contributed by atoms with van der Waals surface area (Å²) < 4.78 is 85.3. The molecule has 2 aromatic carbocycles. The summed E-state index contributed by atoms with van der Waals surface area (Å²) in [7, 11) is 1.58. The Kier molecular flexibility index (Phi) is 14.9. The lowest BCUT2D eigenvalue weighted by Gasteiger charge is -2.32. The summed E-state index contributed by atoms with van der Waals surface area (Å²) in [5.41, 5.74) is -5.69. The fraction of sp³-hybridized carbons (Fsp3) is 0.488. The number of amides is 2. The van der Waals surface area contributed by atoms with E-state index >= 15 is 13.2 Å². The van der Waals surface area contributed by atoms with E-state index in [2.05, 4.69) is 15.2 Å². The van der Waals surface area contributed by atoms with Crippen LogP contribution in [0, 0.1) is 6.92 Å². The molecule has 0 aliphatic heterocycles. The summed E-state index contributed by atoms with van der Waals surface area (Å²) in [6.07, 6.45) is -7.04. The number of carbonyl (C=O) groups excluding carboxylic acids is 2. The van der Waals surface area contributed by atoms with Crippen LogP contribution >= 0.6 is 0 Å². The number of halogens is 3. The standard InChI is InChI=1S/C41H51F3N4O10/c1-26-22-31(48(36(50)57-38(3,4)5)37(51)58-39(6,7)8)32(45-33(26)49)34-46-47-35(56-34)40(41(42,43)44,55-24-28-15-11-10-12-16-28)25-53-21-13-14-27(2)54-23-29-17-19-30(52-9)20-18-29/h10-12,15-20,22,27H,13-14,21,23-25H2,1-9H3,(H,45,49)/t27-,40?/m0/s1. The average molecular weight is 817 g/mol. The van der Waals surface area contributed by atoms with Crippen molar-refractivity contribution in [3.05, 3.63) is 93.6 Å². The summed E-state index contributed by atoms with van der Waals surface area (Å²) in [6.45, 7) is 11.2. The number of anilines is 1. The van der Waals surface area contributed by atoms with Gasteiger partial charge in [0.05, 0.1) is 38.7 Å². The SMILES string of the molecule is COc1ccc(CO[C@@H](C)CCCOCC(OCc2ccccc2)(c2nnc(-c3[nH]c(=O)c(C)cc3N(C(=O)OC(C)(C)C)C(=O)OC(C)(C)C)o2)C(F)(F)F)cc1. The number of hydrogen-bond donors (Lipinski definition) is 1. The maximum atomic E-state index is 15.4. The van der Waals surface area contributed by atoms with Gasteiger partial charge in [-0.05, 0) is 97.6 Å². The number of hydrogen-bond acceptors (Lipinski definition) is 12. The Morgan fingerprint density at radius 1 is 0.879 bits per heavy atom. The second-order valence-electron chi connectivity index (χ2n) is 15.5. The molecule has 58 heavy (non-hydrogen) atoms. The molecular weight excluding hydrogens is 765 g/mol. The van der Waals surface area contributed by atoms with Crippen molar-refractivity contribution >= 4 is 17.9 Å². The van der Waals surface area contributed by atoms with Crippen molar-refractivity contribution in [2.45, 2.75) is 111 Å². The summed E-state index contributed by atoms with van der Waals surface area (Å²) in [5.74, 6) is -1.03. The van der Waals surface area contributed by atoms with E-state index in [1.807, 2.05) is 31.2 Å². The zero-order valence-electron chi connectivity index (χ0n) is 34.2. The Balaban J connectivity index is 1.67. The van der Waals surface area contributed by atoms with Gasteiger partial charge in [-0.2, -0.15) is 18.1 Å². The second kappa shape index (κ2) is 19.0. The normalized spacial score (nSPS) is 13.7. The van der Waals surface area contributed by atoms with Gasteiger partial charge in [-0.25, -0.2) is 9.59 Å². The Morgan fingerprint density at radius 3 is 2.05 bits per heavy atom. The van der Waals surface area contributed by atoms with Gasteiger partial charge in [-0.15, -0.1) is 10.2 Å². The van der Waals surface area contributed by atoms with Crippen LogP contribution in [0.1, 0.15) is 83.9 Å². The van der Waals surface area contributed by atoms with E-state index in [0.29, 0.717) is 35.7 Å². The summed E-state index contributed by atoms with van der Waals surface area (Å²) in [6, 6.07) is 16.7. The number of benzene rings is 2. The molecule has 0 bridgehead atoms. The van der Waals surface area contributed by atoms with Crippen molar-refractivity contribution in [3.8, 4) is 17.3 Å². The number of methoxy groups -OCH3 is 1. The third-order valence-corrected chi connectivity index (χ3v) is 8.27. The Hall–Kier alpha value is -5.26. The smallest absolute Gasteiger partial charge is 0.428 e. The number of aryl methyl sites for hydroxylation is 1. The topological polar surface area (TPSA) is 165 Å². The Bertz CT molecular complexity index is 1990. The number of ether oxygens (including phenoxy) is 6. The molecule has 0 aliphatic carbocycles. The number of alkyl halides is 3. The van der Waals surface area contributed by atoms with E-state index in [0.717, 1.165) is 11.6 Å². The lowest BCUT2D eigenvalue weighted by Crippen LogP contribution is -2.49. The van der Waals surface area contributed by atoms with Crippen LogP contribution in [0.2, 0.25) is 0 Å². The first-order valence-electron chi connectivity index (χ1n) is 18.5. The minimum absolute atomic E-state index is 0.0280. The number of nitrogens with zero attached hydrogens (tertiary/aromatic N) is 3. The highest BCUT2D eigenvalue weighted by molar-refractivity contribution is 6.11. The van der Waals surface area contributed by atoms with Gasteiger partial charge < -0.3 is 37.8 Å². The molecule has 1 unspecified atom stereocenters. The molecule has 2 amide bonds. The summed E-state index contributed by atoms with van der Waals surface area (Å²) in [4.78, 5) is 43.0. The average Bonchev–Trinajstić information content (AvgIpc) is 3.62. The summed E-state index contributed by atoms with van der Waals surface area (Å²) >= 11 is 0. The van der Waals surface area contributed by atoms with Crippen LogP contribution < -0.4 is 15.2 Å². The molecule has 4 rings (SSSR count). The fourth-order valence-electron chi connectivity index (χ4n) is 5.30. The molecule has 2 heterocycles. The molecule has 1 N–H and O–H groups in total. The van der Waals surface area contributed by atoms with Crippen LogP contribution in [0.25, 0.3) is 11.6 Å². The zero-order valence-corrected chi connectivity index (χ0v) is 34.2. The highest BCUT2D eigenvalue weighted by Gasteiger charge is 2.62. The Labute approximate surface area is 334 Å². The molecule has 2 atom stereocenters. The molecule has 4 aromatic rings. The highest BCUT2D eigenvalue weighted by atomic mass is 19.4. The second-order valence-corrected chi connectivity index (χ2v) is 15.5. The molecule has 14 nitrogen and oxygen atoms in total. The van der Waals surface area contributed by atoms with Crippen molar-refractivity contribution < 1.29 is 55.6 Å². The first kappa shape index (κ1) is 45.4. The predicted octanol–water partition coefficient (Wildman–Crippen LogP) is 8.80. The lowest BCUT2D eigenvalue weighted by molar-refractivity contribution is -0.311. The quantitative estimate of drug-likeness (QED) is 0.107. The first-order valence-corrected chi connectivity index (χ1v) is 18.5. The third kappa shape index (κ3) is 12.4. The van der Waals surface area contributed by atoms with Gasteiger partial charge in [-0.1, -0.05) is 42.5 Å². The van der Waals surface area contributed by atoms with Gasteiger partial charge in [0.15, 0.2) is 0 Å². The fourth-order valence-corrected chi connectivity index (χ4v) is 5.30. The highest BCUT2D eigenvalue weighted by Crippen LogP contribution is 2.44. The van der Waals surface area contributed by atoms with Crippen LogP contribution in [0.4, 0.5) is 28.4 Å². The number of H-pyrrole nitrogens is 1. The van der Waals surface area contributed by atoms with Gasteiger partial charge in [0.25, 0.3) is 22.9 Å². The minimum atomic E-state index is -5.19. The summed E-state index contributed by atoms with van der Waals surface area (Å²) in [5, 5.41) is 7.60. The van der Waals surface area contributed by atoms with E-state index in [-0.39, 0.29) is 24.0 Å². The van der Waals surface area contributed by atoms with Gasteiger partial charge in [0, 0.05) is 12.2 Å². The molecule has 0 saturated heterocycles. The van der Waals surface area contributed by atoms with E-state index in [9.17, 15) is 14.4 Å².